The monoisotopic (exact) mass is 399 g/mol. The molecule has 0 spiro atoms. The van der Waals surface area contributed by atoms with Crippen LogP contribution in [-0.2, 0) is 4.79 Å². The van der Waals surface area contributed by atoms with Crippen molar-refractivity contribution in [2.75, 3.05) is 13.2 Å². The highest BCUT2D eigenvalue weighted by Crippen LogP contribution is 2.15. The van der Waals surface area contributed by atoms with Crippen LogP contribution >= 0.6 is 0 Å². The maximum absolute atomic E-state index is 12.2. The molecular weight excluding hydrogens is 378 g/mol. The summed E-state index contributed by atoms with van der Waals surface area (Å²) < 4.78 is 11.2. The normalized spacial score (nSPS) is 11.4. The zero-order valence-electron chi connectivity index (χ0n) is 16.3. The van der Waals surface area contributed by atoms with Crippen LogP contribution in [0, 0.1) is 11.3 Å². The average Bonchev–Trinajstić information content (AvgIpc) is 2.80. The maximum Gasteiger partial charge on any atom is 0.261 e. The molecule has 0 unspecified atom stereocenters. The van der Waals surface area contributed by atoms with Crippen LogP contribution in [-0.4, -0.2) is 25.3 Å². The van der Waals surface area contributed by atoms with E-state index in [0.29, 0.717) is 24.5 Å². The highest BCUT2D eigenvalue weighted by atomic mass is 16.5. The van der Waals surface area contributed by atoms with Crippen LogP contribution in [0.3, 0.4) is 0 Å². The summed E-state index contributed by atoms with van der Waals surface area (Å²) in [6, 6.07) is 27.7. The topological polar surface area (TPSA) is 83.7 Å². The number of carbonyl (C=O) groups excluding carboxylic acids is 1. The van der Waals surface area contributed by atoms with E-state index in [1.165, 1.54) is 6.21 Å². The van der Waals surface area contributed by atoms with E-state index in [1.54, 1.807) is 24.3 Å². The Morgan fingerprint density at radius 3 is 2.07 bits per heavy atom. The van der Waals surface area contributed by atoms with Gasteiger partial charge in [0, 0.05) is 0 Å². The average molecular weight is 399 g/mol. The van der Waals surface area contributed by atoms with Gasteiger partial charge in [0.15, 0.2) is 5.92 Å². The van der Waals surface area contributed by atoms with Crippen molar-refractivity contribution in [1.82, 2.24) is 5.43 Å². The summed E-state index contributed by atoms with van der Waals surface area (Å²) >= 11 is 0. The number of nitriles is 1. The lowest BCUT2D eigenvalue weighted by Crippen LogP contribution is -2.24. The molecule has 0 aromatic heterocycles. The van der Waals surface area contributed by atoms with E-state index in [2.05, 4.69) is 10.5 Å². The molecule has 0 heterocycles. The lowest BCUT2D eigenvalue weighted by Gasteiger charge is -2.08. The Labute approximate surface area is 175 Å². The Bertz CT molecular complexity index is 997. The molecular formula is C24H21N3O3. The molecule has 6 nitrogen and oxygen atoms in total. The molecule has 30 heavy (non-hydrogen) atoms. The molecule has 0 aliphatic rings. The van der Waals surface area contributed by atoms with Crippen LogP contribution in [0.5, 0.6) is 11.5 Å². The predicted octanol–water partition coefficient (Wildman–Crippen LogP) is 3.90. The number of nitrogens with one attached hydrogen (secondary N) is 1. The Hall–Kier alpha value is -4.11. The van der Waals surface area contributed by atoms with Gasteiger partial charge in [0.1, 0.15) is 24.7 Å². The minimum atomic E-state index is -0.905. The summed E-state index contributed by atoms with van der Waals surface area (Å²) in [5.41, 5.74) is 3.83. The van der Waals surface area contributed by atoms with Crippen molar-refractivity contribution in [3.8, 4) is 17.6 Å². The van der Waals surface area contributed by atoms with Crippen LogP contribution in [0.25, 0.3) is 0 Å². The van der Waals surface area contributed by atoms with Gasteiger partial charge in [0.05, 0.1) is 12.3 Å². The molecule has 0 aliphatic heterocycles. The van der Waals surface area contributed by atoms with Gasteiger partial charge in [0.2, 0.25) is 0 Å². The molecule has 1 atom stereocenters. The fraction of sp³-hybridized carbons (Fsp3) is 0.125. The maximum atomic E-state index is 12.2. The molecule has 150 valence electrons. The van der Waals surface area contributed by atoms with Crippen molar-refractivity contribution in [3.05, 3.63) is 96.1 Å². The lowest BCUT2D eigenvalue weighted by molar-refractivity contribution is -0.121. The molecule has 0 saturated heterocycles. The summed E-state index contributed by atoms with van der Waals surface area (Å²) in [6.45, 7) is 0.869. The molecule has 0 aliphatic carbocycles. The number of ether oxygens (including phenoxy) is 2. The lowest BCUT2D eigenvalue weighted by atomic mass is 10.0. The number of para-hydroxylation sites is 1. The molecule has 6 heteroatoms. The number of benzene rings is 3. The van der Waals surface area contributed by atoms with Gasteiger partial charge in [-0.05, 0) is 47.5 Å². The van der Waals surface area contributed by atoms with Gasteiger partial charge >= 0.3 is 0 Å². The van der Waals surface area contributed by atoms with Gasteiger partial charge in [-0.25, -0.2) is 5.43 Å². The summed E-state index contributed by atoms with van der Waals surface area (Å²) in [6.07, 6.45) is 1.51. The minimum absolute atomic E-state index is 0.424. The van der Waals surface area contributed by atoms with Crippen LogP contribution in [0.4, 0.5) is 0 Å². The van der Waals surface area contributed by atoms with E-state index in [-0.39, 0.29) is 0 Å². The number of hydrogen-bond acceptors (Lipinski definition) is 5. The third-order valence-electron chi connectivity index (χ3n) is 4.16. The third-order valence-corrected chi connectivity index (χ3v) is 4.16. The Kier molecular flexibility index (Phi) is 7.58. The number of amides is 1. The molecule has 1 N–H and O–H groups in total. The second-order valence-electron chi connectivity index (χ2n) is 6.29. The fourth-order valence-electron chi connectivity index (χ4n) is 2.65. The first-order valence-corrected chi connectivity index (χ1v) is 9.44. The van der Waals surface area contributed by atoms with Gasteiger partial charge in [-0.2, -0.15) is 10.4 Å². The molecule has 3 aromatic carbocycles. The second kappa shape index (κ2) is 11.0. The van der Waals surface area contributed by atoms with Gasteiger partial charge < -0.3 is 9.47 Å². The Balaban J connectivity index is 1.44. The van der Waals surface area contributed by atoms with Crippen molar-refractivity contribution in [2.24, 2.45) is 5.10 Å². The van der Waals surface area contributed by atoms with Gasteiger partial charge in [-0.15, -0.1) is 0 Å². The molecule has 1 amide bonds. The van der Waals surface area contributed by atoms with Crippen molar-refractivity contribution < 1.29 is 14.3 Å². The van der Waals surface area contributed by atoms with E-state index < -0.39 is 11.8 Å². The van der Waals surface area contributed by atoms with Gasteiger partial charge in [-0.3, -0.25) is 4.79 Å². The molecule has 0 saturated carbocycles. The largest absolute Gasteiger partial charge is 0.490 e. The number of carbonyl (C=O) groups is 1. The first-order chi connectivity index (χ1) is 14.8. The van der Waals surface area contributed by atoms with Gasteiger partial charge in [0.25, 0.3) is 5.91 Å². The highest BCUT2D eigenvalue weighted by molar-refractivity contribution is 5.88. The Morgan fingerprint density at radius 1 is 0.900 bits per heavy atom. The van der Waals surface area contributed by atoms with E-state index in [4.69, 9.17) is 9.47 Å². The van der Waals surface area contributed by atoms with Crippen molar-refractivity contribution >= 4 is 12.1 Å². The Morgan fingerprint density at radius 2 is 1.47 bits per heavy atom. The molecule has 3 aromatic rings. The number of nitrogens with zero attached hydrogens (tertiary/aromatic N) is 2. The molecule has 0 bridgehead atoms. The van der Waals surface area contributed by atoms with Crippen LogP contribution in [0.2, 0.25) is 0 Å². The number of hydrazone groups is 1. The third kappa shape index (κ3) is 6.21. The summed E-state index contributed by atoms with van der Waals surface area (Å²) in [5.74, 6) is 0.137. The van der Waals surface area contributed by atoms with E-state index >= 15 is 0 Å². The van der Waals surface area contributed by atoms with Crippen molar-refractivity contribution in [1.29, 1.82) is 5.26 Å². The first-order valence-electron chi connectivity index (χ1n) is 9.44. The van der Waals surface area contributed by atoms with Gasteiger partial charge in [-0.1, -0.05) is 48.5 Å². The summed E-state index contributed by atoms with van der Waals surface area (Å²) in [5, 5.41) is 13.2. The van der Waals surface area contributed by atoms with Crippen LogP contribution < -0.4 is 14.9 Å². The van der Waals surface area contributed by atoms with Crippen LogP contribution in [0.15, 0.2) is 90.0 Å². The molecule has 0 radical (unpaired) electrons. The highest BCUT2D eigenvalue weighted by Gasteiger charge is 2.19. The number of hydrogen-bond donors (Lipinski definition) is 1. The number of rotatable bonds is 9. The van der Waals surface area contributed by atoms with Crippen molar-refractivity contribution in [3.63, 3.8) is 0 Å². The SMILES string of the molecule is N#C[C@@H](C(=O)N/N=C\c1ccc(OCCOc2ccccc2)cc1)c1ccccc1. The van der Waals surface area contributed by atoms with Crippen molar-refractivity contribution in [2.45, 2.75) is 5.92 Å². The quantitative estimate of drug-likeness (QED) is 0.336. The fourth-order valence-corrected chi connectivity index (χ4v) is 2.65. The first kappa shape index (κ1) is 20.6. The zero-order chi connectivity index (χ0) is 21.0. The van der Waals surface area contributed by atoms with E-state index in [1.807, 2.05) is 66.7 Å². The van der Waals surface area contributed by atoms with Crippen LogP contribution in [0.1, 0.15) is 17.0 Å². The molecule has 3 rings (SSSR count). The van der Waals surface area contributed by atoms with E-state index in [0.717, 1.165) is 11.3 Å². The smallest absolute Gasteiger partial charge is 0.261 e. The summed E-state index contributed by atoms with van der Waals surface area (Å²) in [7, 11) is 0. The summed E-state index contributed by atoms with van der Waals surface area (Å²) in [4.78, 5) is 12.2. The minimum Gasteiger partial charge on any atom is -0.490 e. The standard InChI is InChI=1S/C24H21N3O3/c25-17-23(20-7-3-1-4-8-20)24(28)27-26-18-19-11-13-22(14-12-19)30-16-15-29-21-9-5-2-6-10-21/h1-14,18,23H,15-16H2,(H,27,28)/b26-18-/t23-/m1/s1. The zero-order valence-corrected chi connectivity index (χ0v) is 16.3. The molecule has 0 fully saturated rings. The predicted molar refractivity (Wildman–Crippen MR) is 114 cm³/mol. The van der Waals surface area contributed by atoms with E-state index in [9.17, 15) is 10.1 Å². The second-order valence-corrected chi connectivity index (χ2v) is 6.29.